The molecule has 1 heterocycles. The summed E-state index contributed by atoms with van der Waals surface area (Å²) in [6.07, 6.45) is 1.47. The van der Waals surface area contributed by atoms with Crippen LogP contribution in [0.2, 0.25) is 0 Å². The highest BCUT2D eigenvalue weighted by Gasteiger charge is 2.24. The van der Waals surface area contributed by atoms with Gasteiger partial charge in [0.05, 0.1) is 28.8 Å². The van der Waals surface area contributed by atoms with Crippen molar-refractivity contribution in [1.29, 1.82) is 5.26 Å². The first-order valence-electron chi connectivity index (χ1n) is 9.56. The lowest BCUT2D eigenvalue weighted by molar-refractivity contribution is -0.122. The number of amides is 2. The van der Waals surface area contributed by atoms with Gasteiger partial charge in [0.25, 0.3) is 0 Å². The van der Waals surface area contributed by atoms with Crippen LogP contribution >= 0.6 is 11.8 Å². The molecule has 0 unspecified atom stereocenters. The summed E-state index contributed by atoms with van der Waals surface area (Å²) in [5, 5.41) is 11.8. The van der Waals surface area contributed by atoms with Crippen LogP contribution in [0.3, 0.4) is 0 Å². The van der Waals surface area contributed by atoms with E-state index in [0.717, 1.165) is 42.9 Å². The van der Waals surface area contributed by atoms with Gasteiger partial charge in [-0.1, -0.05) is 24.3 Å². The number of carbonyl (C=O) groups excluding carboxylic acids is 2. The molecule has 0 saturated carbocycles. The van der Waals surface area contributed by atoms with E-state index in [-0.39, 0.29) is 17.7 Å². The number of para-hydroxylation sites is 2. The van der Waals surface area contributed by atoms with Crippen LogP contribution in [0, 0.1) is 17.2 Å². The van der Waals surface area contributed by atoms with Gasteiger partial charge in [-0.15, -0.1) is 11.8 Å². The molecule has 3 N–H and O–H groups in total. The summed E-state index contributed by atoms with van der Waals surface area (Å²) >= 11 is 1.53. The SMILES string of the molecule is N#Cc1ccc(CSCC(=O)Nc2ccccc2N2CCC(C(N)=O)CC2)cc1. The number of primary amides is 1. The number of piperidine rings is 1. The first kappa shape index (κ1) is 20.7. The molecule has 3 rings (SSSR count). The van der Waals surface area contributed by atoms with Gasteiger partial charge in [-0.25, -0.2) is 0 Å². The monoisotopic (exact) mass is 408 g/mol. The normalized spacial score (nSPS) is 14.2. The van der Waals surface area contributed by atoms with Gasteiger partial charge < -0.3 is 16.0 Å². The van der Waals surface area contributed by atoms with Gasteiger partial charge in [-0.3, -0.25) is 9.59 Å². The van der Waals surface area contributed by atoms with E-state index in [4.69, 9.17) is 11.0 Å². The molecular weight excluding hydrogens is 384 g/mol. The Bertz CT molecular complexity index is 900. The van der Waals surface area contributed by atoms with Gasteiger partial charge in [0.2, 0.25) is 11.8 Å². The molecule has 0 radical (unpaired) electrons. The predicted octanol–water partition coefficient (Wildman–Crippen LogP) is 3.13. The Morgan fingerprint density at radius 2 is 1.83 bits per heavy atom. The third-order valence-electron chi connectivity index (χ3n) is 5.00. The van der Waals surface area contributed by atoms with Crippen LogP contribution in [0.5, 0.6) is 0 Å². The second-order valence-corrected chi connectivity index (χ2v) is 8.02. The molecule has 1 saturated heterocycles. The zero-order chi connectivity index (χ0) is 20.6. The molecule has 1 aliphatic heterocycles. The van der Waals surface area contributed by atoms with Gasteiger partial charge in [0, 0.05) is 24.8 Å². The molecule has 150 valence electrons. The molecule has 29 heavy (non-hydrogen) atoms. The third-order valence-corrected chi connectivity index (χ3v) is 6.00. The summed E-state index contributed by atoms with van der Waals surface area (Å²) in [5.41, 5.74) is 8.89. The molecule has 0 aliphatic carbocycles. The highest BCUT2D eigenvalue weighted by atomic mass is 32.2. The zero-order valence-electron chi connectivity index (χ0n) is 16.1. The van der Waals surface area contributed by atoms with Crippen LogP contribution in [0.15, 0.2) is 48.5 Å². The molecule has 0 atom stereocenters. The maximum absolute atomic E-state index is 12.4. The number of nitrogens with one attached hydrogen (secondary N) is 1. The van der Waals surface area contributed by atoms with E-state index in [2.05, 4.69) is 16.3 Å². The van der Waals surface area contributed by atoms with Crippen molar-refractivity contribution in [3.63, 3.8) is 0 Å². The van der Waals surface area contributed by atoms with Crippen LogP contribution < -0.4 is 16.0 Å². The van der Waals surface area contributed by atoms with Crippen molar-refractivity contribution in [2.45, 2.75) is 18.6 Å². The number of hydrogen-bond donors (Lipinski definition) is 2. The summed E-state index contributed by atoms with van der Waals surface area (Å²) in [4.78, 5) is 26.0. The lowest BCUT2D eigenvalue weighted by Crippen LogP contribution is -2.38. The molecule has 7 heteroatoms. The Balaban J connectivity index is 1.53. The van der Waals surface area contributed by atoms with Crippen LogP contribution in [-0.4, -0.2) is 30.7 Å². The Morgan fingerprint density at radius 3 is 2.48 bits per heavy atom. The predicted molar refractivity (Wildman–Crippen MR) is 117 cm³/mol. The van der Waals surface area contributed by atoms with Crippen LogP contribution in [-0.2, 0) is 15.3 Å². The number of carbonyl (C=O) groups is 2. The quantitative estimate of drug-likeness (QED) is 0.733. The second-order valence-electron chi connectivity index (χ2n) is 7.03. The lowest BCUT2D eigenvalue weighted by Gasteiger charge is -2.33. The summed E-state index contributed by atoms with van der Waals surface area (Å²) in [6, 6.07) is 17.2. The second kappa shape index (κ2) is 9.99. The van der Waals surface area contributed by atoms with Crippen molar-refractivity contribution in [2.75, 3.05) is 29.1 Å². The molecule has 1 aliphatic rings. The molecule has 0 bridgehead atoms. The maximum atomic E-state index is 12.4. The molecule has 1 fully saturated rings. The highest BCUT2D eigenvalue weighted by molar-refractivity contribution is 7.99. The summed E-state index contributed by atoms with van der Waals surface area (Å²) in [6.45, 7) is 1.49. The average Bonchev–Trinajstić information content (AvgIpc) is 2.75. The number of thioether (sulfide) groups is 1. The minimum Gasteiger partial charge on any atom is -0.370 e. The molecule has 0 aromatic heterocycles. The van der Waals surface area contributed by atoms with Crippen LogP contribution in [0.1, 0.15) is 24.0 Å². The minimum absolute atomic E-state index is 0.0527. The smallest absolute Gasteiger partial charge is 0.234 e. The highest BCUT2D eigenvalue weighted by Crippen LogP contribution is 2.30. The molecule has 2 amide bonds. The maximum Gasteiger partial charge on any atom is 0.234 e. The number of hydrogen-bond acceptors (Lipinski definition) is 5. The molecule has 6 nitrogen and oxygen atoms in total. The number of nitriles is 1. The van der Waals surface area contributed by atoms with E-state index in [1.165, 1.54) is 11.8 Å². The van der Waals surface area contributed by atoms with Crippen LogP contribution in [0.25, 0.3) is 0 Å². The van der Waals surface area contributed by atoms with Crippen molar-refractivity contribution in [2.24, 2.45) is 11.7 Å². The number of rotatable bonds is 7. The largest absolute Gasteiger partial charge is 0.370 e. The Hall–Kier alpha value is -2.98. The van der Waals surface area contributed by atoms with Crippen molar-refractivity contribution >= 4 is 35.0 Å². The van der Waals surface area contributed by atoms with Crippen molar-refractivity contribution < 1.29 is 9.59 Å². The molecule has 0 spiro atoms. The summed E-state index contributed by atoms with van der Waals surface area (Å²) < 4.78 is 0. The zero-order valence-corrected chi connectivity index (χ0v) is 17.0. The van der Waals surface area contributed by atoms with E-state index in [1.54, 1.807) is 12.1 Å². The fourth-order valence-corrected chi connectivity index (χ4v) is 4.17. The average molecular weight is 409 g/mol. The van der Waals surface area contributed by atoms with E-state index >= 15 is 0 Å². The van der Waals surface area contributed by atoms with Gasteiger partial charge in [0.1, 0.15) is 0 Å². The number of nitrogens with zero attached hydrogens (tertiary/aromatic N) is 2. The number of benzene rings is 2. The van der Waals surface area contributed by atoms with Crippen LogP contribution in [0.4, 0.5) is 11.4 Å². The molecule has 2 aromatic rings. The lowest BCUT2D eigenvalue weighted by atomic mass is 9.96. The van der Waals surface area contributed by atoms with E-state index in [9.17, 15) is 9.59 Å². The van der Waals surface area contributed by atoms with Gasteiger partial charge in [0.15, 0.2) is 0 Å². The molecule has 2 aromatic carbocycles. The van der Waals surface area contributed by atoms with Gasteiger partial charge in [-0.05, 0) is 42.7 Å². The van der Waals surface area contributed by atoms with E-state index < -0.39 is 0 Å². The fraction of sp³-hybridized carbons (Fsp3) is 0.318. The van der Waals surface area contributed by atoms with Crippen molar-refractivity contribution in [3.05, 3.63) is 59.7 Å². The van der Waals surface area contributed by atoms with Gasteiger partial charge >= 0.3 is 0 Å². The summed E-state index contributed by atoms with van der Waals surface area (Å²) in [7, 11) is 0. The topological polar surface area (TPSA) is 99.2 Å². The minimum atomic E-state index is -0.231. The first-order chi connectivity index (χ1) is 14.1. The van der Waals surface area contributed by atoms with E-state index in [0.29, 0.717) is 17.1 Å². The van der Waals surface area contributed by atoms with Crippen molar-refractivity contribution in [1.82, 2.24) is 0 Å². The standard InChI is InChI=1S/C22H24N4O2S/c23-13-16-5-7-17(8-6-16)14-29-15-21(27)25-19-3-1-2-4-20(19)26-11-9-18(10-12-26)22(24)28/h1-8,18H,9-12,14-15H2,(H2,24,28)(H,25,27). The number of nitrogens with two attached hydrogens (primary N) is 1. The van der Waals surface area contributed by atoms with E-state index in [1.807, 2.05) is 36.4 Å². The Kier molecular flexibility index (Phi) is 7.14. The Morgan fingerprint density at radius 1 is 1.14 bits per heavy atom. The first-order valence-corrected chi connectivity index (χ1v) is 10.7. The fourth-order valence-electron chi connectivity index (χ4n) is 3.38. The van der Waals surface area contributed by atoms with Gasteiger partial charge in [-0.2, -0.15) is 5.26 Å². The third kappa shape index (κ3) is 5.75. The number of anilines is 2. The summed E-state index contributed by atoms with van der Waals surface area (Å²) in [5.74, 6) is 0.708. The Labute approximate surface area is 175 Å². The van der Waals surface area contributed by atoms with Crippen molar-refractivity contribution in [3.8, 4) is 6.07 Å². The molecular formula is C22H24N4O2S.